The predicted molar refractivity (Wildman–Crippen MR) is 108 cm³/mol. The quantitative estimate of drug-likeness (QED) is 0.388. The Morgan fingerprint density at radius 1 is 0.857 bits per heavy atom. The molecule has 28 heavy (non-hydrogen) atoms. The number of carbonyl (C=O) groups excluding carboxylic acids is 1. The summed E-state index contributed by atoms with van der Waals surface area (Å²) in [4.78, 5) is 11.0. The standard InChI is InChI=1S/C23H30O5/c1-18(15-24)13-14-23(2,27-16-19-5-9-21(25-3)10-6-19)28-17-20-7-11-22(26-4)12-8-20/h5-12,15,18H,13-14,16-17H2,1-4H3. The molecule has 5 nitrogen and oxygen atoms in total. The lowest BCUT2D eigenvalue weighted by molar-refractivity contribution is -0.243. The number of rotatable bonds is 12. The molecule has 0 aromatic heterocycles. The maximum absolute atomic E-state index is 11.0. The van der Waals surface area contributed by atoms with E-state index in [-0.39, 0.29) is 5.92 Å². The van der Waals surface area contributed by atoms with Crippen LogP contribution in [0.4, 0.5) is 0 Å². The largest absolute Gasteiger partial charge is 0.497 e. The first-order chi connectivity index (χ1) is 13.5. The van der Waals surface area contributed by atoms with Crippen molar-refractivity contribution in [3.05, 3.63) is 59.7 Å². The Kier molecular flexibility index (Phi) is 8.48. The number of hydrogen-bond acceptors (Lipinski definition) is 5. The smallest absolute Gasteiger partial charge is 0.166 e. The van der Waals surface area contributed by atoms with Crippen molar-refractivity contribution in [3.8, 4) is 11.5 Å². The Bertz CT molecular complexity index is 657. The van der Waals surface area contributed by atoms with E-state index < -0.39 is 5.79 Å². The summed E-state index contributed by atoms with van der Waals surface area (Å²) in [5.41, 5.74) is 2.06. The van der Waals surface area contributed by atoms with Crippen LogP contribution in [-0.2, 0) is 27.5 Å². The Balaban J connectivity index is 2.00. The Hall–Kier alpha value is -2.37. The molecule has 0 heterocycles. The number of ether oxygens (including phenoxy) is 4. The highest BCUT2D eigenvalue weighted by Crippen LogP contribution is 2.26. The van der Waals surface area contributed by atoms with E-state index in [1.807, 2.05) is 62.4 Å². The van der Waals surface area contributed by atoms with Crippen molar-refractivity contribution >= 4 is 6.29 Å². The number of benzene rings is 2. The molecule has 152 valence electrons. The third kappa shape index (κ3) is 6.98. The fourth-order valence-electron chi connectivity index (χ4n) is 2.66. The first-order valence-corrected chi connectivity index (χ1v) is 9.47. The number of carbonyl (C=O) groups is 1. The van der Waals surface area contributed by atoms with Gasteiger partial charge in [-0.05, 0) is 48.7 Å². The van der Waals surface area contributed by atoms with Crippen LogP contribution in [0.1, 0.15) is 37.8 Å². The summed E-state index contributed by atoms with van der Waals surface area (Å²) >= 11 is 0. The van der Waals surface area contributed by atoms with Crippen LogP contribution in [0.25, 0.3) is 0 Å². The topological polar surface area (TPSA) is 54.0 Å². The summed E-state index contributed by atoms with van der Waals surface area (Å²) in [6.07, 6.45) is 2.29. The van der Waals surface area contributed by atoms with Gasteiger partial charge >= 0.3 is 0 Å². The van der Waals surface area contributed by atoms with Gasteiger partial charge < -0.3 is 23.7 Å². The van der Waals surface area contributed by atoms with Gasteiger partial charge in [0, 0.05) is 12.3 Å². The summed E-state index contributed by atoms with van der Waals surface area (Å²) < 4.78 is 22.7. The summed E-state index contributed by atoms with van der Waals surface area (Å²) in [5, 5.41) is 0. The summed E-state index contributed by atoms with van der Waals surface area (Å²) in [5.74, 6) is 0.787. The average molecular weight is 386 g/mol. The van der Waals surface area contributed by atoms with Crippen molar-refractivity contribution < 1.29 is 23.7 Å². The minimum atomic E-state index is -0.795. The summed E-state index contributed by atoms with van der Waals surface area (Å²) in [6.45, 7) is 4.66. The Labute approximate surface area is 167 Å². The van der Waals surface area contributed by atoms with Crippen molar-refractivity contribution in [2.75, 3.05) is 14.2 Å². The van der Waals surface area contributed by atoms with E-state index in [1.165, 1.54) is 0 Å². The molecule has 1 unspecified atom stereocenters. The first-order valence-electron chi connectivity index (χ1n) is 9.47. The average Bonchev–Trinajstić information content (AvgIpc) is 2.75. The van der Waals surface area contributed by atoms with Gasteiger partial charge in [-0.3, -0.25) is 0 Å². The van der Waals surface area contributed by atoms with Gasteiger partial charge in [0.15, 0.2) is 5.79 Å². The molecule has 5 heteroatoms. The van der Waals surface area contributed by atoms with E-state index in [0.29, 0.717) is 26.1 Å². The van der Waals surface area contributed by atoms with Crippen molar-refractivity contribution in [1.82, 2.24) is 0 Å². The highest BCUT2D eigenvalue weighted by Gasteiger charge is 2.27. The van der Waals surface area contributed by atoms with Gasteiger partial charge in [0.2, 0.25) is 0 Å². The molecule has 0 saturated carbocycles. The van der Waals surface area contributed by atoms with Crippen LogP contribution >= 0.6 is 0 Å². The highest BCUT2D eigenvalue weighted by atomic mass is 16.7. The summed E-state index contributed by atoms with van der Waals surface area (Å²) in [6, 6.07) is 15.5. The molecule has 0 aliphatic carbocycles. The van der Waals surface area contributed by atoms with Crippen LogP contribution in [-0.4, -0.2) is 26.3 Å². The molecule has 0 saturated heterocycles. The van der Waals surface area contributed by atoms with Gasteiger partial charge in [0.1, 0.15) is 17.8 Å². The molecule has 1 atom stereocenters. The molecule has 2 rings (SSSR count). The minimum Gasteiger partial charge on any atom is -0.497 e. The Morgan fingerprint density at radius 3 is 1.64 bits per heavy atom. The SMILES string of the molecule is COc1ccc(COC(C)(CCC(C)C=O)OCc2ccc(OC)cc2)cc1. The third-order valence-electron chi connectivity index (χ3n) is 4.69. The molecule has 0 aliphatic heterocycles. The van der Waals surface area contributed by atoms with Crippen LogP contribution in [0, 0.1) is 5.92 Å². The molecule has 2 aromatic carbocycles. The van der Waals surface area contributed by atoms with Crippen molar-refractivity contribution in [2.45, 2.75) is 45.7 Å². The molecule has 2 aromatic rings. The van der Waals surface area contributed by atoms with Crippen molar-refractivity contribution in [3.63, 3.8) is 0 Å². The predicted octanol–water partition coefficient (Wildman–Crippen LogP) is 4.77. The maximum Gasteiger partial charge on any atom is 0.166 e. The molecule has 0 radical (unpaired) electrons. The molecular formula is C23H30O5. The van der Waals surface area contributed by atoms with E-state index in [4.69, 9.17) is 18.9 Å². The van der Waals surface area contributed by atoms with E-state index in [1.54, 1.807) is 14.2 Å². The number of aldehydes is 1. The number of hydrogen-bond donors (Lipinski definition) is 0. The fraction of sp³-hybridized carbons (Fsp3) is 0.435. The zero-order valence-corrected chi connectivity index (χ0v) is 17.1. The molecule has 0 fully saturated rings. The van der Waals surface area contributed by atoms with Gasteiger partial charge in [-0.15, -0.1) is 0 Å². The molecular weight excluding hydrogens is 356 g/mol. The molecule has 0 spiro atoms. The van der Waals surface area contributed by atoms with Gasteiger partial charge in [-0.1, -0.05) is 31.2 Å². The van der Waals surface area contributed by atoms with Crippen LogP contribution in [0.3, 0.4) is 0 Å². The van der Waals surface area contributed by atoms with Crippen molar-refractivity contribution in [1.29, 1.82) is 0 Å². The van der Waals surface area contributed by atoms with Gasteiger partial charge in [-0.25, -0.2) is 0 Å². The maximum atomic E-state index is 11.0. The fourth-order valence-corrected chi connectivity index (χ4v) is 2.66. The lowest BCUT2D eigenvalue weighted by atomic mass is 10.0. The van der Waals surface area contributed by atoms with Crippen LogP contribution < -0.4 is 9.47 Å². The van der Waals surface area contributed by atoms with Gasteiger partial charge in [0.05, 0.1) is 27.4 Å². The Morgan fingerprint density at radius 2 is 1.29 bits per heavy atom. The van der Waals surface area contributed by atoms with Gasteiger partial charge in [-0.2, -0.15) is 0 Å². The minimum absolute atomic E-state index is 0.0338. The highest BCUT2D eigenvalue weighted by molar-refractivity contribution is 5.52. The van der Waals surface area contributed by atoms with Crippen LogP contribution in [0.15, 0.2) is 48.5 Å². The van der Waals surface area contributed by atoms with E-state index >= 15 is 0 Å². The summed E-state index contributed by atoms with van der Waals surface area (Å²) in [7, 11) is 3.29. The van der Waals surface area contributed by atoms with E-state index in [0.717, 1.165) is 28.9 Å². The van der Waals surface area contributed by atoms with Crippen molar-refractivity contribution in [2.24, 2.45) is 5.92 Å². The lowest BCUT2D eigenvalue weighted by Crippen LogP contribution is -2.33. The van der Waals surface area contributed by atoms with Gasteiger partial charge in [0.25, 0.3) is 0 Å². The zero-order chi connectivity index (χ0) is 20.4. The van der Waals surface area contributed by atoms with Crippen LogP contribution in [0.5, 0.6) is 11.5 Å². The normalized spacial score (nSPS) is 12.4. The number of methoxy groups -OCH3 is 2. The van der Waals surface area contributed by atoms with E-state index in [2.05, 4.69) is 0 Å². The zero-order valence-electron chi connectivity index (χ0n) is 17.1. The molecule has 0 bridgehead atoms. The van der Waals surface area contributed by atoms with E-state index in [9.17, 15) is 4.79 Å². The second-order valence-corrected chi connectivity index (χ2v) is 7.06. The second-order valence-electron chi connectivity index (χ2n) is 7.06. The first kappa shape index (κ1) is 21.9. The molecule has 0 N–H and O–H groups in total. The van der Waals surface area contributed by atoms with Crippen LogP contribution in [0.2, 0.25) is 0 Å². The lowest BCUT2D eigenvalue weighted by Gasteiger charge is -2.31. The monoisotopic (exact) mass is 386 g/mol. The second kappa shape index (κ2) is 10.8. The molecule has 0 aliphatic rings. The molecule has 0 amide bonds. The third-order valence-corrected chi connectivity index (χ3v) is 4.69.